The Morgan fingerprint density at radius 2 is 1.92 bits per heavy atom. The molecule has 0 saturated heterocycles. The summed E-state index contributed by atoms with van der Waals surface area (Å²) in [6.07, 6.45) is 4.02. The third kappa shape index (κ3) is 2.05. The highest BCUT2D eigenvalue weighted by atomic mass is 14.9. The molecule has 4 rings (SSSR count). The number of nitrogens with zero attached hydrogens (tertiary/aromatic N) is 2. The molecule has 1 aliphatic rings. The lowest BCUT2D eigenvalue weighted by Crippen LogP contribution is -2.20. The molecule has 0 atom stereocenters. The maximum Gasteiger partial charge on any atom is 0.289 e. The van der Waals surface area contributed by atoms with Gasteiger partial charge < -0.3 is 4.98 Å². The smallest absolute Gasteiger partial charge is 0.289 e. The van der Waals surface area contributed by atoms with E-state index < -0.39 is 0 Å². The van der Waals surface area contributed by atoms with Crippen molar-refractivity contribution in [2.75, 3.05) is 5.73 Å². The second-order valence-electron chi connectivity index (χ2n) is 6.36. The fourth-order valence-corrected chi connectivity index (χ4v) is 3.64. The topological polar surface area (TPSA) is 104 Å². The molecule has 0 unspecified atom stereocenters. The minimum Gasteiger partial charge on any atom is -0.361 e. The number of anilines is 1. The largest absolute Gasteiger partial charge is 0.361 e. The van der Waals surface area contributed by atoms with E-state index in [1.807, 2.05) is 38.2 Å². The number of nitriles is 2. The first-order valence-electron chi connectivity index (χ1n) is 8.22. The van der Waals surface area contributed by atoms with E-state index in [0.29, 0.717) is 16.8 Å². The van der Waals surface area contributed by atoms with Crippen molar-refractivity contribution in [3.63, 3.8) is 0 Å². The van der Waals surface area contributed by atoms with Gasteiger partial charge in [0.2, 0.25) is 0 Å². The van der Waals surface area contributed by atoms with Crippen LogP contribution in [0.2, 0.25) is 0 Å². The van der Waals surface area contributed by atoms with Gasteiger partial charge >= 0.3 is 0 Å². The van der Waals surface area contributed by atoms with E-state index in [2.05, 4.69) is 34.2 Å². The summed E-state index contributed by atoms with van der Waals surface area (Å²) in [7, 11) is 0. The average molecular weight is 338 g/mol. The highest BCUT2D eigenvalue weighted by molar-refractivity contribution is 6.09. The van der Waals surface area contributed by atoms with E-state index in [9.17, 15) is 10.5 Å². The number of hydrogen-bond donors (Lipinski definition) is 2. The standard InChI is InChI=1S/C21H15N5/c1-11-15(7-13-10-25-18-6-4-3-5-14(13)18)19-12(2)17(9-23)21(24)26-20(19)16(11)8-22/h3-7,10,25H,1-2H3,(H2,24,26)/p+1. The van der Waals surface area contributed by atoms with Gasteiger partial charge in [-0.1, -0.05) is 18.2 Å². The molecule has 0 amide bonds. The molecule has 1 aromatic carbocycles. The summed E-state index contributed by atoms with van der Waals surface area (Å²) in [5, 5.41) is 20.2. The van der Waals surface area contributed by atoms with Crippen molar-refractivity contribution in [1.29, 1.82) is 10.5 Å². The van der Waals surface area contributed by atoms with Crippen LogP contribution in [0.4, 0.5) is 5.82 Å². The predicted molar refractivity (Wildman–Crippen MR) is 101 cm³/mol. The molecule has 0 fully saturated rings. The van der Waals surface area contributed by atoms with Crippen LogP contribution < -0.4 is 10.7 Å². The molecule has 0 radical (unpaired) electrons. The number of para-hydroxylation sites is 1. The first-order valence-corrected chi connectivity index (χ1v) is 8.22. The van der Waals surface area contributed by atoms with Crippen LogP contribution in [0.3, 0.4) is 0 Å². The molecule has 4 N–H and O–H groups in total. The summed E-state index contributed by atoms with van der Waals surface area (Å²) in [6, 6.07) is 12.5. The van der Waals surface area contributed by atoms with Gasteiger partial charge in [0, 0.05) is 28.2 Å². The maximum absolute atomic E-state index is 9.64. The highest BCUT2D eigenvalue weighted by Crippen LogP contribution is 2.43. The highest BCUT2D eigenvalue weighted by Gasteiger charge is 2.32. The molecular formula is C21H16N5+. The Morgan fingerprint density at radius 1 is 1.15 bits per heavy atom. The number of aromatic nitrogens is 2. The number of rotatable bonds is 1. The molecule has 26 heavy (non-hydrogen) atoms. The molecule has 0 bridgehead atoms. The van der Waals surface area contributed by atoms with Crippen LogP contribution in [0.15, 0.2) is 36.0 Å². The fourth-order valence-electron chi connectivity index (χ4n) is 3.64. The van der Waals surface area contributed by atoms with E-state index in [0.717, 1.165) is 38.7 Å². The van der Waals surface area contributed by atoms with Crippen molar-refractivity contribution in [1.82, 2.24) is 4.98 Å². The van der Waals surface area contributed by atoms with E-state index in [1.54, 1.807) is 0 Å². The number of hydrogen-bond acceptors (Lipinski definition) is 3. The van der Waals surface area contributed by atoms with Gasteiger partial charge in [-0.25, -0.2) is 4.98 Å². The Labute approximate surface area is 150 Å². The molecule has 1 aliphatic carbocycles. The minimum absolute atomic E-state index is 0.289. The Bertz CT molecular complexity index is 1230. The predicted octanol–water partition coefficient (Wildman–Crippen LogP) is 3.60. The summed E-state index contributed by atoms with van der Waals surface area (Å²) >= 11 is 0. The van der Waals surface area contributed by atoms with Gasteiger partial charge in [0.1, 0.15) is 23.3 Å². The van der Waals surface area contributed by atoms with Crippen LogP contribution in [0.5, 0.6) is 0 Å². The monoisotopic (exact) mass is 338 g/mol. The molecular weight excluding hydrogens is 322 g/mol. The molecule has 0 spiro atoms. The third-order valence-corrected chi connectivity index (χ3v) is 4.97. The number of benzene rings is 1. The number of H-pyrrole nitrogens is 2. The van der Waals surface area contributed by atoms with Crippen LogP contribution in [0.1, 0.15) is 34.9 Å². The van der Waals surface area contributed by atoms with E-state index in [1.165, 1.54) is 0 Å². The van der Waals surface area contributed by atoms with Gasteiger partial charge in [0.25, 0.3) is 5.82 Å². The van der Waals surface area contributed by atoms with Crippen molar-refractivity contribution >= 4 is 33.9 Å². The number of nitrogen functional groups attached to an aromatic ring is 1. The maximum atomic E-state index is 9.64. The van der Waals surface area contributed by atoms with Crippen molar-refractivity contribution in [2.45, 2.75) is 13.8 Å². The lowest BCUT2D eigenvalue weighted by molar-refractivity contribution is -0.364. The molecule has 5 nitrogen and oxygen atoms in total. The molecule has 2 heterocycles. The van der Waals surface area contributed by atoms with E-state index in [-0.39, 0.29) is 5.82 Å². The van der Waals surface area contributed by atoms with Crippen LogP contribution >= 0.6 is 0 Å². The van der Waals surface area contributed by atoms with Gasteiger partial charge in [-0.15, -0.1) is 0 Å². The molecule has 0 saturated carbocycles. The van der Waals surface area contributed by atoms with Gasteiger partial charge in [-0.2, -0.15) is 10.5 Å². The number of aromatic amines is 2. The lowest BCUT2D eigenvalue weighted by atomic mass is 9.95. The van der Waals surface area contributed by atoms with Crippen molar-refractivity contribution in [3.8, 4) is 12.1 Å². The summed E-state index contributed by atoms with van der Waals surface area (Å²) in [5.41, 5.74) is 13.2. The number of allylic oxidation sites excluding steroid dienone is 3. The summed E-state index contributed by atoms with van der Waals surface area (Å²) in [6.45, 7) is 3.80. The SMILES string of the molecule is CC1=C(C#N)c2[nH+]c(N)c(C#N)c(C)c2C1=Cc1c[nH]c2ccccc12. The Morgan fingerprint density at radius 3 is 2.65 bits per heavy atom. The van der Waals surface area contributed by atoms with Gasteiger partial charge in [-0.05, 0) is 42.7 Å². The zero-order valence-electron chi connectivity index (χ0n) is 14.4. The molecule has 2 aromatic heterocycles. The zero-order chi connectivity index (χ0) is 18.4. The Balaban J connectivity index is 2.04. The summed E-state index contributed by atoms with van der Waals surface area (Å²) in [5.74, 6) is 0.289. The number of nitrogens with two attached hydrogens (primary N) is 1. The van der Waals surface area contributed by atoms with Gasteiger partial charge in [0.15, 0.2) is 5.69 Å². The fraction of sp³-hybridized carbons (Fsp3) is 0.0952. The molecule has 0 aliphatic heterocycles. The van der Waals surface area contributed by atoms with Crippen molar-refractivity contribution in [2.24, 2.45) is 0 Å². The first kappa shape index (κ1) is 15.7. The van der Waals surface area contributed by atoms with Crippen LogP contribution in [-0.2, 0) is 0 Å². The second kappa shape index (κ2) is 5.61. The normalized spacial score (nSPS) is 14.5. The third-order valence-electron chi connectivity index (χ3n) is 4.97. The zero-order valence-corrected chi connectivity index (χ0v) is 14.4. The van der Waals surface area contributed by atoms with Crippen LogP contribution in [0.25, 0.3) is 28.1 Å². The molecule has 5 heteroatoms. The van der Waals surface area contributed by atoms with Crippen LogP contribution in [-0.4, -0.2) is 4.98 Å². The summed E-state index contributed by atoms with van der Waals surface area (Å²) in [4.78, 5) is 6.32. The first-order chi connectivity index (χ1) is 12.6. The summed E-state index contributed by atoms with van der Waals surface area (Å²) < 4.78 is 0. The van der Waals surface area contributed by atoms with Gasteiger partial charge in [0.05, 0.1) is 0 Å². The van der Waals surface area contributed by atoms with Crippen LogP contribution in [0, 0.1) is 29.6 Å². The number of nitrogens with one attached hydrogen (secondary N) is 2. The number of pyridine rings is 1. The van der Waals surface area contributed by atoms with Crippen molar-refractivity contribution < 1.29 is 4.98 Å². The molecule has 124 valence electrons. The Kier molecular flexibility index (Phi) is 3.39. The minimum atomic E-state index is 0.289. The Hall–Kier alpha value is -3.83. The second-order valence-corrected chi connectivity index (χ2v) is 6.36. The molecule has 3 aromatic rings. The number of fused-ring (bicyclic) bond motifs is 2. The van der Waals surface area contributed by atoms with E-state index >= 15 is 0 Å². The lowest BCUT2D eigenvalue weighted by Gasteiger charge is -2.08. The van der Waals surface area contributed by atoms with Crippen molar-refractivity contribution in [3.05, 3.63) is 64.0 Å². The quantitative estimate of drug-likeness (QED) is 0.708. The van der Waals surface area contributed by atoms with Gasteiger partial charge in [-0.3, -0.25) is 5.73 Å². The van der Waals surface area contributed by atoms with E-state index in [4.69, 9.17) is 5.73 Å². The average Bonchev–Trinajstić information content (AvgIpc) is 3.15.